The van der Waals surface area contributed by atoms with Crippen LogP contribution in [-0.4, -0.2) is 20.7 Å². The summed E-state index contributed by atoms with van der Waals surface area (Å²) in [6.07, 6.45) is 1.82. The third-order valence-electron chi connectivity index (χ3n) is 4.14. The average molecular weight is 362 g/mol. The van der Waals surface area contributed by atoms with Crippen molar-refractivity contribution in [2.45, 2.75) is 6.54 Å². The molecule has 0 fully saturated rings. The fraction of sp³-hybridized carbons (Fsp3) is 0.0500. The van der Waals surface area contributed by atoms with Gasteiger partial charge >= 0.3 is 0 Å². The van der Waals surface area contributed by atoms with E-state index in [9.17, 15) is 14.0 Å². The maximum absolute atomic E-state index is 13.1. The van der Waals surface area contributed by atoms with Gasteiger partial charge in [-0.15, -0.1) is 0 Å². The number of fused-ring (bicyclic) bond motifs is 1. The van der Waals surface area contributed by atoms with Gasteiger partial charge in [-0.1, -0.05) is 0 Å². The van der Waals surface area contributed by atoms with Crippen LogP contribution >= 0.6 is 0 Å². The number of aromatic amines is 1. The SMILES string of the molecule is O=C(Cn1nc(-c2ccc(F)cc2)ccc1=O)Nc1ccc2[nH]ccc2c1. The maximum Gasteiger partial charge on any atom is 0.267 e. The monoisotopic (exact) mass is 362 g/mol. The Morgan fingerprint density at radius 2 is 1.89 bits per heavy atom. The lowest BCUT2D eigenvalue weighted by atomic mass is 10.1. The van der Waals surface area contributed by atoms with Gasteiger partial charge < -0.3 is 10.3 Å². The second-order valence-corrected chi connectivity index (χ2v) is 6.05. The number of nitrogens with zero attached hydrogens (tertiary/aromatic N) is 2. The number of H-pyrrole nitrogens is 1. The third kappa shape index (κ3) is 3.62. The summed E-state index contributed by atoms with van der Waals surface area (Å²) in [6, 6.07) is 16.0. The largest absolute Gasteiger partial charge is 0.361 e. The van der Waals surface area contributed by atoms with Gasteiger partial charge in [-0.2, -0.15) is 5.10 Å². The molecule has 0 aliphatic rings. The van der Waals surface area contributed by atoms with Crippen LogP contribution in [0.25, 0.3) is 22.2 Å². The first-order chi connectivity index (χ1) is 13.1. The van der Waals surface area contributed by atoms with Crippen LogP contribution in [0.3, 0.4) is 0 Å². The zero-order valence-corrected chi connectivity index (χ0v) is 14.1. The summed E-state index contributed by atoms with van der Waals surface area (Å²) in [5.74, 6) is -0.721. The number of hydrogen-bond acceptors (Lipinski definition) is 3. The van der Waals surface area contributed by atoms with Gasteiger partial charge in [0.05, 0.1) is 5.69 Å². The zero-order valence-electron chi connectivity index (χ0n) is 14.1. The Bertz CT molecular complexity index is 1180. The summed E-state index contributed by atoms with van der Waals surface area (Å²) in [6.45, 7) is -0.223. The van der Waals surface area contributed by atoms with Crippen molar-refractivity contribution in [3.63, 3.8) is 0 Å². The molecule has 4 aromatic rings. The number of rotatable bonds is 4. The number of amides is 1. The number of carbonyl (C=O) groups excluding carboxylic acids is 1. The zero-order chi connectivity index (χ0) is 18.8. The Labute approximate surface area is 153 Å². The lowest BCUT2D eigenvalue weighted by molar-refractivity contribution is -0.117. The van der Waals surface area contributed by atoms with Crippen LogP contribution in [0, 0.1) is 5.82 Å². The number of carbonyl (C=O) groups is 1. The number of benzene rings is 2. The molecule has 2 aromatic carbocycles. The van der Waals surface area contributed by atoms with E-state index in [1.165, 1.54) is 18.2 Å². The van der Waals surface area contributed by atoms with Crippen LogP contribution in [0.1, 0.15) is 0 Å². The molecule has 0 bridgehead atoms. The minimum atomic E-state index is -0.392. The minimum Gasteiger partial charge on any atom is -0.361 e. The molecule has 0 saturated heterocycles. The molecule has 7 heteroatoms. The number of halogens is 1. The Morgan fingerprint density at radius 1 is 1.07 bits per heavy atom. The van der Waals surface area contributed by atoms with E-state index < -0.39 is 5.56 Å². The van der Waals surface area contributed by atoms with Crippen LogP contribution in [0.5, 0.6) is 0 Å². The molecule has 6 nitrogen and oxygen atoms in total. The molecular formula is C20H15FN4O2. The molecule has 2 aromatic heterocycles. The van der Waals surface area contributed by atoms with E-state index >= 15 is 0 Å². The number of aromatic nitrogens is 3. The minimum absolute atomic E-state index is 0.223. The maximum atomic E-state index is 13.1. The molecule has 0 aliphatic heterocycles. The lowest BCUT2D eigenvalue weighted by Crippen LogP contribution is -2.29. The Balaban J connectivity index is 1.54. The van der Waals surface area contributed by atoms with Crippen LogP contribution in [-0.2, 0) is 11.3 Å². The van der Waals surface area contributed by atoms with Gasteiger partial charge in [0.25, 0.3) is 5.56 Å². The second kappa shape index (κ2) is 6.87. The van der Waals surface area contributed by atoms with E-state index in [-0.39, 0.29) is 18.3 Å². The van der Waals surface area contributed by atoms with Gasteiger partial charge in [-0.05, 0) is 54.6 Å². The smallest absolute Gasteiger partial charge is 0.267 e. The topological polar surface area (TPSA) is 79.8 Å². The molecule has 0 radical (unpaired) electrons. The molecule has 134 valence electrons. The predicted octanol–water partition coefficient (Wildman–Crippen LogP) is 3.17. The predicted molar refractivity (Wildman–Crippen MR) is 101 cm³/mol. The first-order valence-electron chi connectivity index (χ1n) is 8.29. The van der Waals surface area contributed by atoms with Gasteiger partial charge in [-0.3, -0.25) is 9.59 Å². The molecule has 27 heavy (non-hydrogen) atoms. The number of nitrogens with one attached hydrogen (secondary N) is 2. The highest BCUT2D eigenvalue weighted by Gasteiger charge is 2.09. The average Bonchev–Trinajstić information content (AvgIpc) is 3.12. The molecule has 2 N–H and O–H groups in total. The summed E-state index contributed by atoms with van der Waals surface area (Å²) in [4.78, 5) is 27.5. The quantitative estimate of drug-likeness (QED) is 0.585. The third-order valence-corrected chi connectivity index (χ3v) is 4.14. The lowest BCUT2D eigenvalue weighted by Gasteiger charge is -2.08. The van der Waals surface area contributed by atoms with Crippen molar-refractivity contribution in [3.05, 3.63) is 83.0 Å². The number of anilines is 1. The summed E-state index contributed by atoms with van der Waals surface area (Å²) in [5.41, 5.74) is 2.35. The highest BCUT2D eigenvalue weighted by molar-refractivity contribution is 5.93. The fourth-order valence-corrected chi connectivity index (χ4v) is 2.80. The van der Waals surface area contributed by atoms with Crippen molar-refractivity contribution < 1.29 is 9.18 Å². The molecule has 4 rings (SSSR count). The molecular weight excluding hydrogens is 347 g/mol. The van der Waals surface area contributed by atoms with Crippen molar-refractivity contribution in [1.29, 1.82) is 0 Å². The van der Waals surface area contributed by atoms with E-state index in [1.807, 2.05) is 24.4 Å². The summed E-state index contributed by atoms with van der Waals surface area (Å²) >= 11 is 0. The van der Waals surface area contributed by atoms with E-state index in [2.05, 4.69) is 15.4 Å². The van der Waals surface area contributed by atoms with Crippen LogP contribution < -0.4 is 10.9 Å². The first kappa shape index (κ1) is 16.7. The van der Waals surface area contributed by atoms with Crippen molar-refractivity contribution in [3.8, 4) is 11.3 Å². The van der Waals surface area contributed by atoms with E-state index in [0.717, 1.165) is 15.6 Å². The van der Waals surface area contributed by atoms with Gasteiger partial charge in [0, 0.05) is 34.4 Å². The molecule has 0 spiro atoms. The van der Waals surface area contributed by atoms with Gasteiger partial charge in [0.2, 0.25) is 5.91 Å². The van der Waals surface area contributed by atoms with E-state index in [0.29, 0.717) is 16.9 Å². The molecule has 0 aliphatic carbocycles. The van der Waals surface area contributed by atoms with E-state index in [4.69, 9.17) is 0 Å². The Hall–Kier alpha value is -3.74. The van der Waals surface area contributed by atoms with Crippen LogP contribution in [0.15, 0.2) is 71.7 Å². The molecule has 2 heterocycles. The van der Waals surface area contributed by atoms with Crippen molar-refractivity contribution in [2.75, 3.05) is 5.32 Å². The Morgan fingerprint density at radius 3 is 2.70 bits per heavy atom. The standard InChI is InChI=1S/C20H15FN4O2/c21-15-3-1-13(2-4-15)18-7-8-20(27)25(24-18)12-19(26)23-16-5-6-17-14(11-16)9-10-22-17/h1-11,22H,12H2,(H,23,26). The normalized spacial score (nSPS) is 10.9. The van der Waals surface area contributed by atoms with Crippen LogP contribution in [0.2, 0.25) is 0 Å². The molecule has 0 unspecified atom stereocenters. The fourth-order valence-electron chi connectivity index (χ4n) is 2.80. The summed E-state index contributed by atoms with van der Waals surface area (Å²) < 4.78 is 14.2. The van der Waals surface area contributed by atoms with Gasteiger partial charge in [0.15, 0.2) is 0 Å². The Kier molecular flexibility index (Phi) is 4.25. The van der Waals surface area contributed by atoms with Gasteiger partial charge in [-0.25, -0.2) is 9.07 Å². The van der Waals surface area contributed by atoms with E-state index in [1.54, 1.807) is 24.3 Å². The van der Waals surface area contributed by atoms with Crippen molar-refractivity contribution in [1.82, 2.24) is 14.8 Å². The van der Waals surface area contributed by atoms with Crippen molar-refractivity contribution >= 4 is 22.5 Å². The number of hydrogen-bond donors (Lipinski definition) is 2. The highest BCUT2D eigenvalue weighted by Crippen LogP contribution is 2.18. The summed E-state index contributed by atoms with van der Waals surface area (Å²) in [7, 11) is 0. The molecule has 0 saturated carbocycles. The second-order valence-electron chi connectivity index (χ2n) is 6.05. The first-order valence-corrected chi connectivity index (χ1v) is 8.29. The van der Waals surface area contributed by atoms with Gasteiger partial charge in [0.1, 0.15) is 12.4 Å². The molecule has 0 atom stereocenters. The molecule has 1 amide bonds. The van der Waals surface area contributed by atoms with Crippen molar-refractivity contribution in [2.24, 2.45) is 0 Å². The van der Waals surface area contributed by atoms with Crippen LogP contribution in [0.4, 0.5) is 10.1 Å². The highest BCUT2D eigenvalue weighted by atomic mass is 19.1. The summed E-state index contributed by atoms with van der Waals surface area (Å²) in [5, 5.41) is 7.95.